The van der Waals surface area contributed by atoms with Crippen LogP contribution in [-0.4, -0.2) is 38.2 Å². The molecule has 3 N–H and O–H groups in total. The number of aromatic hydroxyl groups is 1. The van der Waals surface area contributed by atoms with Crippen LogP contribution in [0.25, 0.3) is 0 Å². The molecule has 0 unspecified atom stereocenters. The summed E-state index contributed by atoms with van der Waals surface area (Å²) in [5, 5.41) is 13.2. The fraction of sp³-hybridized carbons (Fsp3) is 0.611. The third-order valence-corrected chi connectivity index (χ3v) is 3.76. The average Bonchev–Trinajstić information content (AvgIpc) is 2.38. The Morgan fingerprint density at radius 2 is 1.87 bits per heavy atom. The molecule has 0 aliphatic rings. The van der Waals surface area contributed by atoms with Crippen LogP contribution in [0.4, 0.5) is 0 Å². The van der Waals surface area contributed by atoms with Crippen LogP contribution < -0.4 is 22.6 Å². The standard InChI is InChI=1S/C18H30N2O2.ClH/c1-13-11-14(12-15(17(13)22)18(2,3)4)7-8-16(21)19-9-10-20(5)6;/h11-12,22H,7-10H2,1-6H3,(H,19,21);1H. The predicted molar refractivity (Wildman–Crippen MR) is 90.6 cm³/mol. The van der Waals surface area contributed by atoms with Crippen LogP contribution >= 0.6 is 0 Å². The van der Waals surface area contributed by atoms with Gasteiger partial charge in [0, 0.05) is 6.42 Å². The zero-order valence-corrected chi connectivity index (χ0v) is 16.0. The minimum Gasteiger partial charge on any atom is -1.00 e. The molecule has 0 saturated carbocycles. The van der Waals surface area contributed by atoms with Gasteiger partial charge in [-0.05, 0) is 35.4 Å². The maximum Gasteiger partial charge on any atom is 0.220 e. The molecule has 0 saturated heterocycles. The van der Waals surface area contributed by atoms with E-state index in [2.05, 4.69) is 40.2 Å². The van der Waals surface area contributed by atoms with Crippen LogP contribution in [-0.2, 0) is 16.6 Å². The summed E-state index contributed by atoms with van der Waals surface area (Å²) in [6.45, 7) is 9.81. The largest absolute Gasteiger partial charge is 1.00 e. The van der Waals surface area contributed by atoms with Crippen molar-refractivity contribution in [3.8, 4) is 5.75 Å². The van der Waals surface area contributed by atoms with Crippen LogP contribution in [0.3, 0.4) is 0 Å². The Hall–Kier alpha value is -1.26. The molecule has 0 heterocycles. The van der Waals surface area contributed by atoms with Crippen LogP contribution in [0.2, 0.25) is 0 Å². The van der Waals surface area contributed by atoms with E-state index in [0.29, 0.717) is 25.1 Å². The highest BCUT2D eigenvalue weighted by Crippen LogP contribution is 2.34. The number of carbonyl (C=O) groups is 1. The second-order valence-electron chi connectivity index (χ2n) is 7.37. The highest BCUT2D eigenvalue weighted by atomic mass is 35.5. The number of phenolic OH excluding ortho intramolecular Hbond substituents is 1. The van der Waals surface area contributed by atoms with Gasteiger partial charge in [0.15, 0.2) is 0 Å². The van der Waals surface area contributed by atoms with Gasteiger partial charge in [-0.1, -0.05) is 32.9 Å². The fourth-order valence-corrected chi connectivity index (χ4v) is 2.37. The number of phenols is 1. The van der Waals surface area contributed by atoms with Gasteiger partial charge in [-0.15, -0.1) is 0 Å². The molecule has 0 aliphatic carbocycles. The van der Waals surface area contributed by atoms with E-state index < -0.39 is 0 Å². The van der Waals surface area contributed by atoms with Crippen molar-refractivity contribution in [2.75, 3.05) is 27.2 Å². The van der Waals surface area contributed by atoms with Gasteiger partial charge in [0.1, 0.15) is 5.75 Å². The maximum atomic E-state index is 11.9. The molecular formula is C18H31ClN2O2. The molecule has 132 valence electrons. The van der Waals surface area contributed by atoms with Gasteiger partial charge in [0.2, 0.25) is 5.91 Å². The molecule has 0 bridgehead atoms. The summed E-state index contributed by atoms with van der Waals surface area (Å²) in [6, 6.07) is 4.00. The molecule has 0 atom stereocenters. The van der Waals surface area contributed by atoms with Crippen molar-refractivity contribution >= 4 is 5.91 Å². The number of nitrogens with one attached hydrogen (secondary N) is 2. The minimum atomic E-state index is -0.110. The average molecular weight is 343 g/mol. The Kier molecular flexibility index (Phi) is 8.64. The maximum absolute atomic E-state index is 11.9. The third-order valence-electron chi connectivity index (χ3n) is 3.76. The molecule has 1 aromatic rings. The van der Waals surface area contributed by atoms with E-state index in [4.69, 9.17) is 0 Å². The zero-order valence-electron chi connectivity index (χ0n) is 15.2. The Morgan fingerprint density at radius 1 is 1.26 bits per heavy atom. The van der Waals surface area contributed by atoms with E-state index in [9.17, 15) is 9.90 Å². The number of aryl methyl sites for hydroxylation is 2. The summed E-state index contributed by atoms with van der Waals surface area (Å²) >= 11 is 0. The van der Waals surface area contributed by atoms with E-state index in [-0.39, 0.29) is 23.7 Å². The van der Waals surface area contributed by atoms with Gasteiger partial charge in [-0.3, -0.25) is 4.79 Å². The van der Waals surface area contributed by atoms with Gasteiger partial charge in [0.25, 0.3) is 0 Å². The lowest BCUT2D eigenvalue weighted by molar-refractivity contribution is -0.856. The number of hydrogen-bond donors (Lipinski definition) is 3. The summed E-state index contributed by atoms with van der Waals surface area (Å²) < 4.78 is 0. The predicted octanol–water partition coefficient (Wildman–Crippen LogP) is -1.80. The molecule has 1 aromatic carbocycles. The van der Waals surface area contributed by atoms with Gasteiger partial charge < -0.3 is 27.7 Å². The Balaban J connectivity index is 0.00000484. The van der Waals surface area contributed by atoms with Crippen LogP contribution in [0.5, 0.6) is 5.75 Å². The van der Waals surface area contributed by atoms with Crippen molar-refractivity contribution in [2.24, 2.45) is 0 Å². The van der Waals surface area contributed by atoms with Crippen LogP contribution in [0, 0.1) is 6.92 Å². The van der Waals surface area contributed by atoms with E-state index >= 15 is 0 Å². The second kappa shape index (κ2) is 9.14. The minimum absolute atomic E-state index is 0. The lowest BCUT2D eigenvalue weighted by Gasteiger charge is -2.22. The molecule has 5 heteroatoms. The zero-order chi connectivity index (χ0) is 16.9. The van der Waals surface area contributed by atoms with Gasteiger partial charge >= 0.3 is 0 Å². The molecule has 0 spiro atoms. The van der Waals surface area contributed by atoms with Crippen LogP contribution in [0.15, 0.2) is 12.1 Å². The molecule has 0 aromatic heterocycles. The second-order valence-corrected chi connectivity index (χ2v) is 7.37. The van der Waals surface area contributed by atoms with Crippen molar-refractivity contribution in [3.05, 3.63) is 28.8 Å². The summed E-state index contributed by atoms with van der Waals surface area (Å²) in [5.41, 5.74) is 2.81. The Morgan fingerprint density at radius 3 is 2.39 bits per heavy atom. The van der Waals surface area contributed by atoms with Crippen molar-refractivity contribution < 1.29 is 27.2 Å². The number of hydrogen-bond acceptors (Lipinski definition) is 2. The lowest BCUT2D eigenvalue weighted by Crippen LogP contribution is -3.06. The molecule has 0 aliphatic heterocycles. The van der Waals surface area contributed by atoms with Gasteiger partial charge in [-0.25, -0.2) is 0 Å². The summed E-state index contributed by atoms with van der Waals surface area (Å²) in [7, 11) is 4.14. The van der Waals surface area contributed by atoms with E-state index in [1.807, 2.05) is 19.1 Å². The molecule has 0 fully saturated rings. The monoisotopic (exact) mass is 342 g/mol. The van der Waals surface area contributed by atoms with E-state index in [1.54, 1.807) is 0 Å². The topological polar surface area (TPSA) is 53.8 Å². The Bertz CT molecular complexity index is 522. The first-order valence-electron chi connectivity index (χ1n) is 8.00. The molecule has 4 nitrogen and oxygen atoms in total. The van der Waals surface area contributed by atoms with E-state index in [0.717, 1.165) is 23.2 Å². The Labute approximate surface area is 146 Å². The highest BCUT2D eigenvalue weighted by Gasteiger charge is 2.20. The first-order valence-corrected chi connectivity index (χ1v) is 8.00. The van der Waals surface area contributed by atoms with Gasteiger partial charge in [-0.2, -0.15) is 0 Å². The fourth-order valence-electron chi connectivity index (χ4n) is 2.37. The van der Waals surface area contributed by atoms with Gasteiger partial charge in [0.05, 0.1) is 27.2 Å². The molecule has 1 amide bonds. The number of quaternary nitrogens is 1. The van der Waals surface area contributed by atoms with Crippen molar-refractivity contribution in [2.45, 2.75) is 46.0 Å². The lowest BCUT2D eigenvalue weighted by atomic mass is 9.83. The summed E-state index contributed by atoms with van der Waals surface area (Å²) in [4.78, 5) is 13.2. The smallest absolute Gasteiger partial charge is 0.220 e. The number of benzene rings is 1. The number of carbonyl (C=O) groups excluding carboxylic acids is 1. The quantitative estimate of drug-likeness (QED) is 0.571. The number of rotatable bonds is 6. The first kappa shape index (κ1) is 21.7. The number of likely N-dealkylation sites (N-methyl/N-ethyl adjacent to an activating group) is 1. The molecule has 1 rings (SSSR count). The van der Waals surface area contributed by atoms with E-state index in [1.165, 1.54) is 4.90 Å². The summed E-state index contributed by atoms with van der Waals surface area (Å²) in [5.74, 6) is 0.457. The number of halogens is 1. The van der Waals surface area contributed by atoms with Crippen molar-refractivity contribution in [1.82, 2.24) is 5.32 Å². The normalized spacial score (nSPS) is 11.3. The third kappa shape index (κ3) is 7.23. The van der Waals surface area contributed by atoms with Crippen LogP contribution in [0.1, 0.15) is 43.9 Å². The van der Waals surface area contributed by atoms with Crippen molar-refractivity contribution in [3.63, 3.8) is 0 Å². The van der Waals surface area contributed by atoms with Crippen molar-refractivity contribution in [1.29, 1.82) is 0 Å². The summed E-state index contributed by atoms with van der Waals surface area (Å²) in [6.07, 6.45) is 1.18. The first-order chi connectivity index (χ1) is 10.1. The SMILES string of the molecule is Cc1cc(CCC(=O)NCC[NH+](C)C)cc(C(C)(C)C)c1O.[Cl-]. The molecule has 0 radical (unpaired) electrons. The highest BCUT2D eigenvalue weighted by molar-refractivity contribution is 5.76. The number of amides is 1. The molecule has 23 heavy (non-hydrogen) atoms. The molecular weight excluding hydrogens is 312 g/mol.